The summed E-state index contributed by atoms with van der Waals surface area (Å²) in [6.45, 7) is 1.43. The van der Waals surface area contributed by atoms with Crippen molar-refractivity contribution >= 4 is 23.0 Å². The van der Waals surface area contributed by atoms with Crippen molar-refractivity contribution in [1.29, 1.82) is 5.41 Å². The topological polar surface area (TPSA) is 92.1 Å². The second kappa shape index (κ2) is 4.75. The Labute approximate surface area is 104 Å². The summed E-state index contributed by atoms with van der Waals surface area (Å²) >= 11 is 0. The zero-order chi connectivity index (χ0) is 13.1. The van der Waals surface area contributed by atoms with E-state index in [1.54, 1.807) is 24.3 Å². The Balaban J connectivity index is 2.37. The number of hydrogen-bond donors (Lipinski definition) is 3. The number of nitrogens with two attached hydrogens (primary N) is 1. The quantitative estimate of drug-likeness (QED) is 0.570. The lowest BCUT2D eigenvalue weighted by Crippen LogP contribution is -2.09. The maximum Gasteiger partial charge on any atom is 0.221 e. The fourth-order valence-electron chi connectivity index (χ4n) is 1.62. The molecule has 1 aromatic heterocycles. The molecule has 0 aliphatic rings. The number of amides is 1. The largest absolute Gasteiger partial charge is 0.472 e. The lowest BCUT2D eigenvalue weighted by Gasteiger charge is -2.09. The van der Waals surface area contributed by atoms with Crippen LogP contribution in [0, 0.1) is 5.41 Å². The van der Waals surface area contributed by atoms with Gasteiger partial charge in [0.1, 0.15) is 0 Å². The molecule has 5 nitrogen and oxygen atoms in total. The van der Waals surface area contributed by atoms with Crippen LogP contribution in [-0.4, -0.2) is 11.6 Å². The molecule has 0 saturated carbocycles. The number of carbonyl (C=O) groups is 1. The normalized spacial score (nSPS) is 10.1. The maximum absolute atomic E-state index is 11.0. The summed E-state index contributed by atoms with van der Waals surface area (Å²) in [5.41, 5.74) is 8.39. The standard InChI is InChI=1S/C13H13N3O2/c1-8(17)16-10-2-3-12(14)11(6-10)13(15)9-4-5-18-7-9/h2-7,15H,14H2,1H3,(H,16,17). The fourth-order valence-corrected chi connectivity index (χ4v) is 1.62. The third-order valence-electron chi connectivity index (χ3n) is 2.45. The van der Waals surface area contributed by atoms with Gasteiger partial charge in [-0.05, 0) is 24.3 Å². The molecular formula is C13H13N3O2. The molecule has 0 spiro atoms. The molecule has 1 aromatic carbocycles. The van der Waals surface area contributed by atoms with Crippen LogP contribution >= 0.6 is 0 Å². The monoisotopic (exact) mass is 243 g/mol. The average molecular weight is 243 g/mol. The van der Waals surface area contributed by atoms with Crippen LogP contribution in [0.1, 0.15) is 18.1 Å². The van der Waals surface area contributed by atoms with Gasteiger partial charge < -0.3 is 15.5 Å². The first-order valence-electron chi connectivity index (χ1n) is 5.36. The molecule has 0 aliphatic carbocycles. The van der Waals surface area contributed by atoms with Crippen molar-refractivity contribution in [3.8, 4) is 0 Å². The molecule has 0 fully saturated rings. The van der Waals surface area contributed by atoms with E-state index in [0.29, 0.717) is 22.5 Å². The molecule has 1 amide bonds. The smallest absolute Gasteiger partial charge is 0.221 e. The van der Waals surface area contributed by atoms with Gasteiger partial charge in [0.05, 0.1) is 18.2 Å². The molecule has 1 heterocycles. The lowest BCUT2D eigenvalue weighted by atomic mass is 10.0. The van der Waals surface area contributed by atoms with E-state index in [4.69, 9.17) is 15.6 Å². The summed E-state index contributed by atoms with van der Waals surface area (Å²) in [5, 5.41) is 10.7. The van der Waals surface area contributed by atoms with E-state index in [0.717, 1.165) is 0 Å². The van der Waals surface area contributed by atoms with E-state index >= 15 is 0 Å². The number of nitrogen functional groups attached to an aromatic ring is 1. The highest BCUT2D eigenvalue weighted by Crippen LogP contribution is 2.21. The van der Waals surface area contributed by atoms with Gasteiger partial charge in [0.15, 0.2) is 0 Å². The fraction of sp³-hybridized carbons (Fsp3) is 0.0769. The van der Waals surface area contributed by atoms with Crippen LogP contribution in [0.5, 0.6) is 0 Å². The highest BCUT2D eigenvalue weighted by atomic mass is 16.3. The van der Waals surface area contributed by atoms with E-state index < -0.39 is 0 Å². The van der Waals surface area contributed by atoms with Crippen molar-refractivity contribution in [2.75, 3.05) is 11.1 Å². The minimum atomic E-state index is -0.166. The number of rotatable bonds is 3. The number of anilines is 2. The highest BCUT2D eigenvalue weighted by Gasteiger charge is 2.10. The van der Waals surface area contributed by atoms with Crippen molar-refractivity contribution in [3.05, 3.63) is 47.9 Å². The van der Waals surface area contributed by atoms with Gasteiger partial charge in [-0.2, -0.15) is 0 Å². The lowest BCUT2D eigenvalue weighted by molar-refractivity contribution is -0.114. The molecule has 0 unspecified atom stereocenters. The number of furan rings is 1. The third kappa shape index (κ3) is 2.40. The minimum Gasteiger partial charge on any atom is -0.472 e. The summed E-state index contributed by atoms with van der Waals surface area (Å²) < 4.78 is 4.94. The van der Waals surface area contributed by atoms with Crippen LogP contribution in [-0.2, 0) is 4.79 Å². The van der Waals surface area contributed by atoms with Crippen molar-refractivity contribution < 1.29 is 9.21 Å². The van der Waals surface area contributed by atoms with Gasteiger partial charge in [-0.1, -0.05) is 0 Å². The number of nitrogens with one attached hydrogen (secondary N) is 2. The molecule has 2 aromatic rings. The van der Waals surface area contributed by atoms with Gasteiger partial charge in [0, 0.05) is 29.4 Å². The van der Waals surface area contributed by atoms with Crippen LogP contribution < -0.4 is 11.1 Å². The Morgan fingerprint density at radius 1 is 1.39 bits per heavy atom. The van der Waals surface area contributed by atoms with Crippen LogP contribution in [0.4, 0.5) is 11.4 Å². The van der Waals surface area contributed by atoms with Gasteiger partial charge >= 0.3 is 0 Å². The van der Waals surface area contributed by atoms with E-state index in [1.165, 1.54) is 19.5 Å². The molecule has 0 aliphatic heterocycles. The molecule has 5 heteroatoms. The van der Waals surface area contributed by atoms with Crippen LogP contribution in [0.2, 0.25) is 0 Å². The first-order valence-corrected chi connectivity index (χ1v) is 5.36. The second-order valence-corrected chi connectivity index (χ2v) is 3.87. The van der Waals surface area contributed by atoms with E-state index in [-0.39, 0.29) is 11.6 Å². The molecule has 92 valence electrons. The molecule has 0 bridgehead atoms. The third-order valence-corrected chi connectivity index (χ3v) is 2.45. The SMILES string of the molecule is CC(=O)Nc1ccc(N)c(C(=N)c2ccoc2)c1. The number of benzene rings is 1. The summed E-state index contributed by atoms with van der Waals surface area (Å²) in [4.78, 5) is 11.0. The summed E-state index contributed by atoms with van der Waals surface area (Å²) in [6, 6.07) is 6.72. The molecule has 2 rings (SSSR count). The van der Waals surface area contributed by atoms with Crippen LogP contribution in [0.3, 0.4) is 0 Å². The minimum absolute atomic E-state index is 0.166. The Kier molecular flexibility index (Phi) is 3.14. The van der Waals surface area contributed by atoms with Crippen molar-refractivity contribution in [2.24, 2.45) is 0 Å². The van der Waals surface area contributed by atoms with Crippen molar-refractivity contribution in [3.63, 3.8) is 0 Å². The van der Waals surface area contributed by atoms with Gasteiger partial charge in [0.2, 0.25) is 5.91 Å². The predicted molar refractivity (Wildman–Crippen MR) is 69.8 cm³/mol. The van der Waals surface area contributed by atoms with Crippen molar-refractivity contribution in [2.45, 2.75) is 6.92 Å². The van der Waals surface area contributed by atoms with E-state index in [9.17, 15) is 4.79 Å². The van der Waals surface area contributed by atoms with E-state index in [1.807, 2.05) is 0 Å². The first kappa shape index (κ1) is 11.9. The van der Waals surface area contributed by atoms with Gasteiger partial charge in [0.25, 0.3) is 0 Å². The summed E-state index contributed by atoms with van der Waals surface area (Å²) in [5.74, 6) is -0.166. The van der Waals surface area contributed by atoms with Gasteiger partial charge in [-0.15, -0.1) is 0 Å². The van der Waals surface area contributed by atoms with Crippen LogP contribution in [0.25, 0.3) is 0 Å². The zero-order valence-electron chi connectivity index (χ0n) is 9.86. The first-order chi connectivity index (χ1) is 8.58. The second-order valence-electron chi connectivity index (χ2n) is 3.87. The Morgan fingerprint density at radius 3 is 2.78 bits per heavy atom. The summed E-state index contributed by atoms with van der Waals surface area (Å²) in [6.07, 6.45) is 2.98. The summed E-state index contributed by atoms with van der Waals surface area (Å²) in [7, 11) is 0. The molecule has 0 atom stereocenters. The molecule has 0 saturated heterocycles. The van der Waals surface area contributed by atoms with E-state index in [2.05, 4.69) is 5.32 Å². The van der Waals surface area contributed by atoms with Gasteiger partial charge in [-0.3, -0.25) is 10.2 Å². The Hall–Kier alpha value is -2.56. The predicted octanol–water partition coefficient (Wildman–Crippen LogP) is 2.24. The number of hydrogen-bond acceptors (Lipinski definition) is 4. The molecule has 0 radical (unpaired) electrons. The van der Waals surface area contributed by atoms with Gasteiger partial charge in [-0.25, -0.2) is 0 Å². The average Bonchev–Trinajstić information content (AvgIpc) is 2.83. The molecule has 18 heavy (non-hydrogen) atoms. The zero-order valence-corrected chi connectivity index (χ0v) is 9.86. The maximum atomic E-state index is 11.0. The molecular weight excluding hydrogens is 230 g/mol. The number of carbonyl (C=O) groups excluding carboxylic acids is 1. The Bertz CT molecular complexity index is 588. The Morgan fingerprint density at radius 2 is 2.17 bits per heavy atom. The highest BCUT2D eigenvalue weighted by molar-refractivity contribution is 6.14. The molecule has 4 N–H and O–H groups in total. The van der Waals surface area contributed by atoms with Crippen LogP contribution in [0.15, 0.2) is 41.2 Å². The van der Waals surface area contributed by atoms with Crippen molar-refractivity contribution in [1.82, 2.24) is 0 Å².